The standard InChI is InChI=1S/C23H29N3O3/c1-3-14-29-22-10-4-19(5-11-22)17-25(2)18-23(27)24-20-6-8-21(9-7-20)26-12-15-28-16-13-26/h3-11H,1,12-18H2,2H3,(H,24,27)/p+1. The molecule has 0 aromatic heterocycles. The monoisotopic (exact) mass is 396 g/mol. The second-order valence-corrected chi connectivity index (χ2v) is 7.25. The number of nitrogens with zero attached hydrogens (tertiary/aromatic N) is 1. The topological polar surface area (TPSA) is 55.2 Å². The highest BCUT2D eigenvalue weighted by atomic mass is 16.5. The molecule has 1 amide bonds. The number of rotatable bonds is 9. The van der Waals surface area contributed by atoms with Gasteiger partial charge in [-0.05, 0) is 48.5 Å². The molecular weight excluding hydrogens is 366 g/mol. The summed E-state index contributed by atoms with van der Waals surface area (Å²) in [6, 6.07) is 16.0. The zero-order valence-corrected chi connectivity index (χ0v) is 17.0. The van der Waals surface area contributed by atoms with Crippen molar-refractivity contribution in [1.29, 1.82) is 0 Å². The summed E-state index contributed by atoms with van der Waals surface area (Å²) in [6.07, 6.45) is 1.72. The van der Waals surface area contributed by atoms with Crippen LogP contribution in [0.1, 0.15) is 5.56 Å². The summed E-state index contributed by atoms with van der Waals surface area (Å²) in [6.45, 7) is 8.64. The first-order valence-corrected chi connectivity index (χ1v) is 10.0. The van der Waals surface area contributed by atoms with E-state index < -0.39 is 0 Å². The van der Waals surface area contributed by atoms with E-state index in [2.05, 4.69) is 16.8 Å². The van der Waals surface area contributed by atoms with Gasteiger partial charge in [-0.3, -0.25) is 4.79 Å². The lowest BCUT2D eigenvalue weighted by Gasteiger charge is -2.28. The van der Waals surface area contributed by atoms with Crippen molar-refractivity contribution in [3.8, 4) is 5.75 Å². The molecule has 1 aliphatic heterocycles. The van der Waals surface area contributed by atoms with Crippen molar-refractivity contribution in [2.24, 2.45) is 0 Å². The Labute approximate surface area is 172 Å². The molecule has 0 spiro atoms. The van der Waals surface area contributed by atoms with Crippen molar-refractivity contribution in [1.82, 2.24) is 0 Å². The molecule has 0 radical (unpaired) electrons. The number of amides is 1. The van der Waals surface area contributed by atoms with Gasteiger partial charge in [0.25, 0.3) is 5.91 Å². The summed E-state index contributed by atoms with van der Waals surface area (Å²) in [4.78, 5) is 15.8. The minimum atomic E-state index is 0.00700. The number of hydrogen-bond acceptors (Lipinski definition) is 4. The van der Waals surface area contributed by atoms with Crippen LogP contribution in [0.4, 0.5) is 11.4 Å². The molecule has 1 fully saturated rings. The molecule has 1 aliphatic rings. The Hall–Kier alpha value is -2.83. The quantitative estimate of drug-likeness (QED) is 0.634. The molecular formula is C23H30N3O3+. The van der Waals surface area contributed by atoms with E-state index in [1.807, 2.05) is 55.6 Å². The molecule has 1 unspecified atom stereocenters. The first-order valence-electron chi connectivity index (χ1n) is 10.0. The molecule has 1 heterocycles. The average molecular weight is 397 g/mol. The number of hydrogen-bond donors (Lipinski definition) is 2. The van der Waals surface area contributed by atoms with Crippen LogP contribution in [-0.4, -0.2) is 52.4 Å². The third kappa shape index (κ3) is 6.62. The normalized spacial score (nSPS) is 14.9. The van der Waals surface area contributed by atoms with Crippen LogP contribution in [0.15, 0.2) is 61.2 Å². The Kier molecular flexibility index (Phi) is 7.67. The highest BCUT2D eigenvalue weighted by molar-refractivity contribution is 5.91. The first kappa shape index (κ1) is 20.9. The van der Waals surface area contributed by atoms with Gasteiger partial charge < -0.3 is 24.6 Å². The van der Waals surface area contributed by atoms with Crippen molar-refractivity contribution in [2.75, 3.05) is 56.7 Å². The maximum atomic E-state index is 12.4. The van der Waals surface area contributed by atoms with Crippen molar-refractivity contribution >= 4 is 17.3 Å². The summed E-state index contributed by atoms with van der Waals surface area (Å²) < 4.78 is 10.9. The van der Waals surface area contributed by atoms with Crippen LogP contribution in [0.3, 0.4) is 0 Å². The van der Waals surface area contributed by atoms with Crippen LogP contribution in [0, 0.1) is 0 Å². The van der Waals surface area contributed by atoms with E-state index in [4.69, 9.17) is 9.47 Å². The molecule has 0 saturated carbocycles. The molecule has 2 aromatic carbocycles. The molecule has 29 heavy (non-hydrogen) atoms. The van der Waals surface area contributed by atoms with Gasteiger partial charge in [0.2, 0.25) is 0 Å². The number of benzene rings is 2. The number of carbonyl (C=O) groups excluding carboxylic acids is 1. The molecule has 154 valence electrons. The van der Waals surface area contributed by atoms with Crippen LogP contribution in [0.25, 0.3) is 0 Å². The number of morpholine rings is 1. The molecule has 0 aliphatic carbocycles. The van der Waals surface area contributed by atoms with Gasteiger partial charge in [0.15, 0.2) is 6.54 Å². The SMILES string of the molecule is C=CCOc1ccc(C[NH+](C)CC(=O)Nc2ccc(N3CCOCC3)cc2)cc1. The van der Waals surface area contributed by atoms with E-state index in [0.29, 0.717) is 13.2 Å². The Morgan fingerprint density at radius 2 is 1.86 bits per heavy atom. The van der Waals surface area contributed by atoms with Crippen LogP contribution in [0.5, 0.6) is 5.75 Å². The lowest BCUT2D eigenvalue weighted by atomic mass is 10.2. The molecule has 2 N–H and O–H groups in total. The van der Waals surface area contributed by atoms with Crippen molar-refractivity contribution in [2.45, 2.75) is 6.54 Å². The number of anilines is 2. The van der Waals surface area contributed by atoms with E-state index in [1.165, 1.54) is 0 Å². The van der Waals surface area contributed by atoms with Crippen LogP contribution in [-0.2, 0) is 16.1 Å². The van der Waals surface area contributed by atoms with E-state index in [9.17, 15) is 4.79 Å². The number of likely N-dealkylation sites (N-methyl/N-ethyl adjacent to an activating group) is 1. The van der Waals surface area contributed by atoms with Crippen molar-refractivity contribution in [3.05, 3.63) is 66.7 Å². The average Bonchev–Trinajstić information content (AvgIpc) is 2.74. The highest BCUT2D eigenvalue weighted by Crippen LogP contribution is 2.19. The fraction of sp³-hybridized carbons (Fsp3) is 0.348. The molecule has 1 saturated heterocycles. The first-order chi connectivity index (χ1) is 14.1. The Morgan fingerprint density at radius 3 is 2.52 bits per heavy atom. The lowest BCUT2D eigenvalue weighted by molar-refractivity contribution is -0.885. The molecule has 6 heteroatoms. The van der Waals surface area contributed by atoms with Crippen LogP contribution >= 0.6 is 0 Å². The summed E-state index contributed by atoms with van der Waals surface area (Å²) in [5, 5.41) is 2.99. The zero-order valence-electron chi connectivity index (χ0n) is 17.0. The molecule has 2 aromatic rings. The number of carbonyl (C=O) groups is 1. The summed E-state index contributed by atoms with van der Waals surface area (Å²) in [5.41, 5.74) is 3.15. The smallest absolute Gasteiger partial charge is 0.279 e. The van der Waals surface area contributed by atoms with Gasteiger partial charge >= 0.3 is 0 Å². The second-order valence-electron chi connectivity index (χ2n) is 7.25. The predicted octanol–water partition coefficient (Wildman–Crippen LogP) is 1.74. The molecule has 6 nitrogen and oxygen atoms in total. The van der Waals surface area contributed by atoms with Gasteiger partial charge in [0, 0.05) is 30.0 Å². The Balaban J connectivity index is 1.45. The van der Waals surface area contributed by atoms with Crippen LogP contribution in [0.2, 0.25) is 0 Å². The van der Waals surface area contributed by atoms with Gasteiger partial charge in [0.05, 0.1) is 20.3 Å². The molecule has 1 atom stereocenters. The van der Waals surface area contributed by atoms with E-state index in [1.54, 1.807) is 6.08 Å². The van der Waals surface area contributed by atoms with Gasteiger partial charge in [-0.25, -0.2) is 0 Å². The third-order valence-electron chi connectivity index (χ3n) is 4.79. The second kappa shape index (κ2) is 10.6. The summed E-state index contributed by atoms with van der Waals surface area (Å²) in [5.74, 6) is 0.831. The van der Waals surface area contributed by atoms with Gasteiger partial charge in [-0.2, -0.15) is 0 Å². The Morgan fingerprint density at radius 1 is 1.17 bits per heavy atom. The predicted molar refractivity (Wildman–Crippen MR) is 116 cm³/mol. The third-order valence-corrected chi connectivity index (χ3v) is 4.79. The number of ether oxygens (including phenoxy) is 2. The number of nitrogens with one attached hydrogen (secondary N) is 2. The molecule has 0 bridgehead atoms. The van der Waals surface area contributed by atoms with Crippen LogP contribution < -0.4 is 19.9 Å². The minimum absolute atomic E-state index is 0.00700. The van der Waals surface area contributed by atoms with Gasteiger partial charge in [-0.1, -0.05) is 12.7 Å². The fourth-order valence-electron chi connectivity index (χ4n) is 3.33. The fourth-order valence-corrected chi connectivity index (χ4v) is 3.33. The maximum absolute atomic E-state index is 12.4. The summed E-state index contributed by atoms with van der Waals surface area (Å²) in [7, 11) is 2.02. The Bertz CT molecular complexity index is 784. The highest BCUT2D eigenvalue weighted by Gasteiger charge is 2.13. The van der Waals surface area contributed by atoms with Crippen molar-refractivity contribution < 1.29 is 19.2 Å². The van der Waals surface area contributed by atoms with E-state index in [0.717, 1.165) is 60.4 Å². The van der Waals surface area contributed by atoms with Crippen molar-refractivity contribution in [3.63, 3.8) is 0 Å². The zero-order chi connectivity index (χ0) is 20.5. The lowest BCUT2D eigenvalue weighted by Crippen LogP contribution is -3.08. The van der Waals surface area contributed by atoms with E-state index in [-0.39, 0.29) is 5.91 Å². The molecule has 3 rings (SSSR count). The largest absolute Gasteiger partial charge is 0.490 e. The van der Waals surface area contributed by atoms with E-state index >= 15 is 0 Å². The summed E-state index contributed by atoms with van der Waals surface area (Å²) >= 11 is 0. The van der Waals surface area contributed by atoms with Gasteiger partial charge in [0.1, 0.15) is 18.9 Å². The maximum Gasteiger partial charge on any atom is 0.279 e. The van der Waals surface area contributed by atoms with Gasteiger partial charge in [-0.15, -0.1) is 0 Å². The number of quaternary nitrogens is 1. The minimum Gasteiger partial charge on any atom is -0.490 e.